The molecule has 0 N–H and O–H groups in total. The first kappa shape index (κ1) is 12.6. The van der Waals surface area contributed by atoms with Crippen LogP contribution in [0.25, 0.3) is 0 Å². The summed E-state index contributed by atoms with van der Waals surface area (Å²) in [6, 6.07) is 8.61. The summed E-state index contributed by atoms with van der Waals surface area (Å²) in [6.45, 7) is 0.440. The van der Waals surface area contributed by atoms with Gasteiger partial charge < -0.3 is 4.90 Å². The molecule has 1 aliphatic carbocycles. The van der Waals surface area contributed by atoms with E-state index in [0.717, 1.165) is 0 Å². The van der Waals surface area contributed by atoms with E-state index in [9.17, 15) is 9.18 Å². The van der Waals surface area contributed by atoms with Crippen LogP contribution in [-0.4, -0.2) is 24.4 Å². The molecule has 1 aromatic rings. The van der Waals surface area contributed by atoms with Crippen molar-refractivity contribution in [3.05, 3.63) is 35.6 Å². The second kappa shape index (κ2) is 5.18. The molecule has 1 aliphatic rings. The molecule has 1 aromatic carbocycles. The summed E-state index contributed by atoms with van der Waals surface area (Å²) in [5, 5.41) is 8.48. The molecule has 0 radical (unpaired) electrons. The summed E-state index contributed by atoms with van der Waals surface area (Å²) in [6.07, 6.45) is 1.04. The molecule has 0 aliphatic heterocycles. The number of benzene rings is 1. The zero-order chi connectivity index (χ0) is 13.1. The fraction of sp³-hybridized carbons (Fsp3) is 0.429. The third-order valence-electron chi connectivity index (χ3n) is 3.35. The molecular formula is C14H15FN2O. The molecule has 1 amide bonds. The standard InChI is InChI=1S/C14H15FN2O/c1-17(8-4-7-16)14(18)12-9-11(12)10-5-2-3-6-13(10)15/h2-3,5-6,11-12H,4,8-9H2,1H3. The summed E-state index contributed by atoms with van der Waals surface area (Å²) in [5.74, 6) is -0.343. The van der Waals surface area contributed by atoms with Crippen LogP contribution in [0.1, 0.15) is 24.3 Å². The summed E-state index contributed by atoms with van der Waals surface area (Å²) < 4.78 is 13.6. The largest absolute Gasteiger partial charge is 0.344 e. The van der Waals surface area contributed by atoms with Crippen LogP contribution in [0.4, 0.5) is 4.39 Å². The Kier molecular flexibility index (Phi) is 3.61. The van der Waals surface area contributed by atoms with Gasteiger partial charge in [0.05, 0.1) is 12.5 Å². The fourth-order valence-corrected chi connectivity index (χ4v) is 2.20. The van der Waals surface area contributed by atoms with E-state index >= 15 is 0 Å². The van der Waals surface area contributed by atoms with Crippen molar-refractivity contribution in [2.24, 2.45) is 5.92 Å². The number of carbonyl (C=O) groups is 1. The number of amides is 1. The Labute approximate surface area is 106 Å². The van der Waals surface area contributed by atoms with E-state index in [-0.39, 0.29) is 23.6 Å². The van der Waals surface area contributed by atoms with Gasteiger partial charge in [-0.05, 0) is 24.0 Å². The number of nitriles is 1. The van der Waals surface area contributed by atoms with Crippen molar-refractivity contribution in [3.63, 3.8) is 0 Å². The third kappa shape index (κ3) is 2.51. The van der Waals surface area contributed by atoms with Crippen LogP contribution in [0, 0.1) is 23.1 Å². The lowest BCUT2D eigenvalue weighted by Crippen LogP contribution is -2.29. The Balaban J connectivity index is 1.97. The first-order valence-corrected chi connectivity index (χ1v) is 6.01. The zero-order valence-corrected chi connectivity index (χ0v) is 10.3. The van der Waals surface area contributed by atoms with E-state index in [4.69, 9.17) is 5.26 Å². The highest BCUT2D eigenvalue weighted by Gasteiger charge is 2.46. The number of carbonyl (C=O) groups excluding carboxylic acids is 1. The van der Waals surface area contributed by atoms with Crippen LogP contribution in [-0.2, 0) is 4.79 Å². The minimum atomic E-state index is -0.238. The minimum Gasteiger partial charge on any atom is -0.344 e. The van der Waals surface area contributed by atoms with Gasteiger partial charge in [-0.2, -0.15) is 5.26 Å². The molecule has 0 aromatic heterocycles. The Bertz CT molecular complexity index is 495. The lowest BCUT2D eigenvalue weighted by molar-refractivity contribution is -0.131. The highest BCUT2D eigenvalue weighted by molar-refractivity contribution is 5.82. The van der Waals surface area contributed by atoms with E-state index in [1.807, 2.05) is 6.07 Å². The summed E-state index contributed by atoms with van der Waals surface area (Å²) in [4.78, 5) is 13.6. The van der Waals surface area contributed by atoms with Crippen molar-refractivity contribution in [3.8, 4) is 6.07 Å². The molecule has 0 saturated heterocycles. The van der Waals surface area contributed by atoms with Crippen LogP contribution < -0.4 is 0 Å². The normalized spacial score (nSPS) is 21.2. The SMILES string of the molecule is CN(CCC#N)C(=O)C1CC1c1ccccc1F. The van der Waals surface area contributed by atoms with E-state index < -0.39 is 0 Å². The van der Waals surface area contributed by atoms with Crippen molar-refractivity contribution in [1.29, 1.82) is 5.26 Å². The molecule has 1 fully saturated rings. The van der Waals surface area contributed by atoms with Crippen molar-refractivity contribution in [2.45, 2.75) is 18.8 Å². The quantitative estimate of drug-likeness (QED) is 0.818. The maximum atomic E-state index is 13.6. The second-order valence-corrected chi connectivity index (χ2v) is 4.64. The van der Waals surface area contributed by atoms with Gasteiger partial charge in [0.2, 0.25) is 5.91 Å². The molecular weight excluding hydrogens is 231 g/mol. The van der Waals surface area contributed by atoms with E-state index in [2.05, 4.69) is 0 Å². The van der Waals surface area contributed by atoms with Crippen LogP contribution in [0.2, 0.25) is 0 Å². The Morgan fingerprint density at radius 1 is 1.56 bits per heavy atom. The molecule has 18 heavy (non-hydrogen) atoms. The average molecular weight is 246 g/mol. The summed E-state index contributed by atoms with van der Waals surface area (Å²) >= 11 is 0. The predicted molar refractivity (Wildman–Crippen MR) is 65.1 cm³/mol. The summed E-state index contributed by atoms with van der Waals surface area (Å²) in [5.41, 5.74) is 0.629. The van der Waals surface area contributed by atoms with Crippen LogP contribution in [0.15, 0.2) is 24.3 Å². The molecule has 2 rings (SSSR count). The molecule has 1 saturated carbocycles. The van der Waals surface area contributed by atoms with Crippen LogP contribution in [0.3, 0.4) is 0 Å². The highest BCUT2D eigenvalue weighted by Crippen LogP contribution is 2.49. The minimum absolute atomic E-state index is 0.00300. The van der Waals surface area contributed by atoms with Crippen molar-refractivity contribution >= 4 is 5.91 Å². The van der Waals surface area contributed by atoms with Gasteiger partial charge in [0.15, 0.2) is 0 Å². The molecule has 2 unspecified atom stereocenters. The third-order valence-corrected chi connectivity index (χ3v) is 3.35. The Morgan fingerprint density at radius 3 is 2.94 bits per heavy atom. The van der Waals surface area contributed by atoms with Crippen molar-refractivity contribution in [1.82, 2.24) is 4.90 Å². The van der Waals surface area contributed by atoms with Crippen molar-refractivity contribution in [2.75, 3.05) is 13.6 Å². The summed E-state index contributed by atoms with van der Waals surface area (Å²) in [7, 11) is 1.69. The molecule has 4 heteroatoms. The molecule has 0 heterocycles. The van der Waals surface area contributed by atoms with Gasteiger partial charge >= 0.3 is 0 Å². The van der Waals surface area contributed by atoms with E-state index in [1.54, 1.807) is 30.1 Å². The van der Waals surface area contributed by atoms with Crippen molar-refractivity contribution < 1.29 is 9.18 Å². The maximum Gasteiger partial charge on any atom is 0.226 e. The molecule has 2 atom stereocenters. The molecule has 3 nitrogen and oxygen atoms in total. The first-order chi connectivity index (χ1) is 8.65. The van der Waals surface area contributed by atoms with Gasteiger partial charge in [-0.3, -0.25) is 4.79 Å². The van der Waals surface area contributed by atoms with Gasteiger partial charge in [0.25, 0.3) is 0 Å². The molecule has 0 bridgehead atoms. The predicted octanol–water partition coefficient (Wildman–Crippen LogP) is 2.30. The highest BCUT2D eigenvalue weighted by atomic mass is 19.1. The maximum absolute atomic E-state index is 13.6. The lowest BCUT2D eigenvalue weighted by Gasteiger charge is -2.15. The number of halogens is 1. The van der Waals surface area contributed by atoms with Gasteiger partial charge in [-0.1, -0.05) is 18.2 Å². The Morgan fingerprint density at radius 2 is 2.28 bits per heavy atom. The zero-order valence-electron chi connectivity index (χ0n) is 10.3. The number of nitrogens with zero attached hydrogens (tertiary/aromatic N) is 2. The van der Waals surface area contributed by atoms with Crippen LogP contribution >= 0.6 is 0 Å². The molecule has 0 spiro atoms. The number of rotatable bonds is 4. The van der Waals surface area contributed by atoms with Gasteiger partial charge in [0.1, 0.15) is 5.82 Å². The monoisotopic (exact) mass is 246 g/mol. The van der Waals surface area contributed by atoms with Gasteiger partial charge in [-0.15, -0.1) is 0 Å². The van der Waals surface area contributed by atoms with Gasteiger partial charge in [0, 0.05) is 19.5 Å². The van der Waals surface area contributed by atoms with Crippen LogP contribution in [0.5, 0.6) is 0 Å². The topological polar surface area (TPSA) is 44.1 Å². The number of hydrogen-bond acceptors (Lipinski definition) is 2. The number of hydrogen-bond donors (Lipinski definition) is 0. The fourth-order valence-electron chi connectivity index (χ4n) is 2.20. The first-order valence-electron chi connectivity index (χ1n) is 6.01. The molecule has 94 valence electrons. The smallest absolute Gasteiger partial charge is 0.226 e. The lowest BCUT2D eigenvalue weighted by atomic mass is 10.1. The van der Waals surface area contributed by atoms with E-state index in [0.29, 0.717) is 24.9 Å². The van der Waals surface area contributed by atoms with Gasteiger partial charge in [-0.25, -0.2) is 4.39 Å². The second-order valence-electron chi connectivity index (χ2n) is 4.64. The average Bonchev–Trinajstić information content (AvgIpc) is 3.15. The Hall–Kier alpha value is -1.89. The van der Waals surface area contributed by atoms with E-state index in [1.165, 1.54) is 6.07 Å².